The lowest BCUT2D eigenvalue weighted by atomic mass is 9.98. The van der Waals surface area contributed by atoms with Crippen LogP contribution in [-0.4, -0.2) is 15.8 Å². The van der Waals surface area contributed by atoms with Crippen molar-refractivity contribution in [3.63, 3.8) is 0 Å². The first-order chi connectivity index (χ1) is 14.5. The second-order valence-corrected chi connectivity index (χ2v) is 7.79. The van der Waals surface area contributed by atoms with Crippen molar-refractivity contribution in [3.8, 4) is 0 Å². The summed E-state index contributed by atoms with van der Waals surface area (Å²) in [5.74, 6) is -0.502. The fraction of sp³-hybridized carbons (Fsp3) is 0.0952. The Labute approximate surface area is 173 Å². The van der Waals surface area contributed by atoms with Crippen molar-refractivity contribution in [3.05, 3.63) is 96.8 Å². The zero-order valence-electron chi connectivity index (χ0n) is 15.6. The molecule has 8 nitrogen and oxygen atoms in total. The molecule has 0 aliphatic carbocycles. The maximum absolute atomic E-state index is 13.4. The van der Waals surface area contributed by atoms with Crippen LogP contribution in [-0.2, 0) is 0 Å². The van der Waals surface area contributed by atoms with Gasteiger partial charge in [-0.05, 0) is 36.8 Å². The fourth-order valence-corrected chi connectivity index (χ4v) is 4.38. The number of nitro benzene ring substituents is 1. The number of hydrogen-bond acceptors (Lipinski definition) is 7. The summed E-state index contributed by atoms with van der Waals surface area (Å²) in [6, 6.07) is 10.2. The zero-order chi connectivity index (χ0) is 21.0. The molecule has 1 aliphatic heterocycles. The Kier molecular flexibility index (Phi) is 4.00. The Morgan fingerprint density at radius 2 is 1.93 bits per heavy atom. The monoisotopic (exact) mass is 419 g/mol. The molecule has 0 spiro atoms. The van der Waals surface area contributed by atoms with E-state index in [2.05, 4.69) is 4.98 Å². The number of aryl methyl sites for hydroxylation is 1. The molecule has 0 fully saturated rings. The van der Waals surface area contributed by atoms with Gasteiger partial charge >= 0.3 is 0 Å². The van der Waals surface area contributed by atoms with E-state index in [0.717, 1.165) is 5.56 Å². The SMILES string of the molecule is Cc1ccc2oc3c(c(=O)c2c1)C(c1ccc([N+](=O)[O-])cc1)N(c1nccs1)C3=O. The normalized spacial score (nSPS) is 15.6. The van der Waals surface area contributed by atoms with Gasteiger partial charge in [-0.3, -0.25) is 24.6 Å². The number of carbonyl (C=O) groups is 1. The second kappa shape index (κ2) is 6.60. The second-order valence-electron chi connectivity index (χ2n) is 6.91. The van der Waals surface area contributed by atoms with Crippen molar-refractivity contribution >= 4 is 39.0 Å². The van der Waals surface area contributed by atoms with E-state index in [9.17, 15) is 19.7 Å². The van der Waals surface area contributed by atoms with E-state index in [-0.39, 0.29) is 22.4 Å². The average molecular weight is 419 g/mol. The summed E-state index contributed by atoms with van der Waals surface area (Å²) >= 11 is 1.26. The van der Waals surface area contributed by atoms with Gasteiger partial charge in [-0.1, -0.05) is 11.6 Å². The Bertz CT molecular complexity index is 1380. The third-order valence-electron chi connectivity index (χ3n) is 5.07. The highest BCUT2D eigenvalue weighted by atomic mass is 32.1. The van der Waals surface area contributed by atoms with Crippen LogP contribution in [0.4, 0.5) is 10.8 Å². The molecule has 1 unspecified atom stereocenters. The van der Waals surface area contributed by atoms with Gasteiger partial charge in [0.2, 0.25) is 5.76 Å². The molecule has 2 aromatic carbocycles. The summed E-state index contributed by atoms with van der Waals surface area (Å²) in [5, 5.41) is 13.6. The molecule has 4 aromatic rings. The van der Waals surface area contributed by atoms with E-state index in [1.54, 1.807) is 35.8 Å². The van der Waals surface area contributed by atoms with E-state index in [1.807, 2.05) is 13.0 Å². The van der Waals surface area contributed by atoms with E-state index in [0.29, 0.717) is 21.7 Å². The van der Waals surface area contributed by atoms with Crippen molar-refractivity contribution in [1.82, 2.24) is 4.98 Å². The Morgan fingerprint density at radius 1 is 1.17 bits per heavy atom. The molecule has 5 rings (SSSR count). The first-order valence-corrected chi connectivity index (χ1v) is 9.88. The number of rotatable bonds is 3. The number of carbonyl (C=O) groups excluding carboxylic acids is 1. The molecule has 1 aliphatic rings. The van der Waals surface area contributed by atoms with Crippen LogP contribution < -0.4 is 10.3 Å². The molecule has 30 heavy (non-hydrogen) atoms. The van der Waals surface area contributed by atoms with Gasteiger partial charge in [-0.15, -0.1) is 11.3 Å². The highest BCUT2D eigenvalue weighted by Crippen LogP contribution is 2.42. The van der Waals surface area contributed by atoms with Crippen LogP contribution >= 0.6 is 11.3 Å². The molecule has 2 aromatic heterocycles. The van der Waals surface area contributed by atoms with Crippen LogP contribution in [0.15, 0.2) is 63.3 Å². The summed E-state index contributed by atoms with van der Waals surface area (Å²) < 4.78 is 5.87. The van der Waals surface area contributed by atoms with Crippen molar-refractivity contribution in [2.24, 2.45) is 0 Å². The molecular weight excluding hydrogens is 406 g/mol. The molecule has 0 bridgehead atoms. The number of nitrogens with zero attached hydrogens (tertiary/aromatic N) is 3. The molecule has 0 radical (unpaired) electrons. The van der Waals surface area contributed by atoms with Gasteiger partial charge in [0.25, 0.3) is 11.6 Å². The Morgan fingerprint density at radius 3 is 2.60 bits per heavy atom. The Balaban J connectivity index is 1.79. The van der Waals surface area contributed by atoms with Crippen molar-refractivity contribution in [2.45, 2.75) is 13.0 Å². The number of non-ortho nitro benzene ring substituents is 1. The van der Waals surface area contributed by atoms with Gasteiger partial charge in [0.05, 0.1) is 21.9 Å². The molecule has 1 amide bonds. The van der Waals surface area contributed by atoms with Crippen LogP contribution in [0.25, 0.3) is 11.0 Å². The third kappa shape index (κ3) is 2.63. The minimum absolute atomic E-state index is 0.0325. The molecule has 9 heteroatoms. The highest BCUT2D eigenvalue weighted by Gasteiger charge is 2.44. The maximum Gasteiger partial charge on any atom is 0.297 e. The molecule has 0 N–H and O–H groups in total. The summed E-state index contributed by atoms with van der Waals surface area (Å²) in [6.07, 6.45) is 1.57. The lowest BCUT2D eigenvalue weighted by Gasteiger charge is -2.22. The maximum atomic E-state index is 13.4. The quantitative estimate of drug-likeness (QED) is 0.364. The van der Waals surface area contributed by atoms with Crippen molar-refractivity contribution in [2.75, 3.05) is 4.90 Å². The van der Waals surface area contributed by atoms with E-state index in [4.69, 9.17) is 4.42 Å². The largest absolute Gasteiger partial charge is 0.450 e. The number of nitro groups is 1. The summed E-state index contributed by atoms with van der Waals surface area (Å²) in [5.41, 5.74) is 1.62. The standard InChI is InChI=1S/C21H13N3O5S/c1-11-2-7-15-14(10-11)18(25)16-17(12-3-5-13(6-4-12)24(27)28)23(20(26)19(16)29-15)21-22-8-9-30-21/h2-10,17H,1H3. The van der Waals surface area contributed by atoms with Crippen LogP contribution in [0.1, 0.15) is 33.3 Å². The number of aromatic nitrogens is 1. The van der Waals surface area contributed by atoms with Crippen molar-refractivity contribution in [1.29, 1.82) is 0 Å². The minimum atomic E-state index is -0.791. The molecule has 0 saturated carbocycles. The third-order valence-corrected chi connectivity index (χ3v) is 5.84. The van der Waals surface area contributed by atoms with Crippen LogP contribution in [0.3, 0.4) is 0 Å². The number of amides is 1. The molecule has 0 saturated heterocycles. The van der Waals surface area contributed by atoms with Gasteiger partial charge in [0, 0.05) is 23.7 Å². The van der Waals surface area contributed by atoms with E-state index in [1.165, 1.54) is 28.4 Å². The van der Waals surface area contributed by atoms with Crippen LogP contribution in [0.5, 0.6) is 0 Å². The topological polar surface area (TPSA) is 107 Å². The van der Waals surface area contributed by atoms with E-state index < -0.39 is 16.9 Å². The lowest BCUT2D eigenvalue weighted by Crippen LogP contribution is -2.29. The fourth-order valence-electron chi connectivity index (χ4n) is 3.71. The van der Waals surface area contributed by atoms with Crippen LogP contribution in [0, 0.1) is 17.0 Å². The average Bonchev–Trinajstić information content (AvgIpc) is 3.35. The number of hydrogen-bond donors (Lipinski definition) is 0. The van der Waals surface area contributed by atoms with Crippen LogP contribution in [0.2, 0.25) is 0 Å². The van der Waals surface area contributed by atoms with Gasteiger partial charge < -0.3 is 4.42 Å². The number of thiazole rings is 1. The first kappa shape index (κ1) is 18.2. The first-order valence-electron chi connectivity index (χ1n) is 9.00. The number of anilines is 1. The molecular formula is C21H13N3O5S. The molecule has 1 atom stereocenters. The highest BCUT2D eigenvalue weighted by molar-refractivity contribution is 7.13. The number of benzene rings is 2. The summed E-state index contributed by atoms with van der Waals surface area (Å²) in [7, 11) is 0. The zero-order valence-corrected chi connectivity index (χ0v) is 16.4. The minimum Gasteiger partial charge on any atom is -0.450 e. The molecule has 3 heterocycles. The van der Waals surface area contributed by atoms with E-state index >= 15 is 0 Å². The summed E-state index contributed by atoms with van der Waals surface area (Å²) in [6.45, 7) is 1.87. The lowest BCUT2D eigenvalue weighted by molar-refractivity contribution is -0.384. The van der Waals surface area contributed by atoms with Gasteiger partial charge in [-0.2, -0.15) is 0 Å². The summed E-state index contributed by atoms with van der Waals surface area (Å²) in [4.78, 5) is 42.9. The van der Waals surface area contributed by atoms with Gasteiger partial charge in [-0.25, -0.2) is 4.98 Å². The number of fused-ring (bicyclic) bond motifs is 2. The smallest absolute Gasteiger partial charge is 0.297 e. The van der Waals surface area contributed by atoms with Gasteiger partial charge in [0.15, 0.2) is 10.6 Å². The van der Waals surface area contributed by atoms with Crippen molar-refractivity contribution < 1.29 is 14.1 Å². The van der Waals surface area contributed by atoms with Gasteiger partial charge in [0.1, 0.15) is 5.58 Å². The predicted octanol–water partition coefficient (Wildman–Crippen LogP) is 4.22. The molecule has 148 valence electrons. The predicted molar refractivity (Wildman–Crippen MR) is 111 cm³/mol. The Hall–Kier alpha value is -3.85.